The van der Waals surface area contributed by atoms with Crippen molar-refractivity contribution in [1.82, 2.24) is 36.8 Å². The number of nitrogens with two attached hydrogens (primary N) is 2. The molecule has 0 radical (unpaired) electrons. The lowest BCUT2D eigenvalue weighted by atomic mass is 9.86. The molecule has 18 atom stereocenters. The number of rotatable bonds is 13. The summed E-state index contributed by atoms with van der Waals surface area (Å²) in [5.74, 6) is -17.3. The lowest BCUT2D eigenvalue weighted by Gasteiger charge is -2.47. The zero-order valence-electron chi connectivity index (χ0n) is 56.2. The molecule has 7 heterocycles. The molecule has 20 N–H and O–H groups in total. The molecule has 0 spiro atoms. The van der Waals surface area contributed by atoms with Crippen molar-refractivity contribution < 1.29 is 123 Å². The van der Waals surface area contributed by atoms with Crippen LogP contribution in [0.1, 0.15) is 112 Å². The molecule has 0 aliphatic carbocycles. The van der Waals surface area contributed by atoms with Crippen molar-refractivity contribution in [2.24, 2.45) is 17.4 Å². The monoisotopic (exact) mass is 1490 g/mol. The van der Waals surface area contributed by atoms with Crippen LogP contribution in [0.5, 0.6) is 46.0 Å². The van der Waals surface area contributed by atoms with Gasteiger partial charge in [0.15, 0.2) is 29.9 Å². The van der Waals surface area contributed by atoms with E-state index in [2.05, 4.69) is 31.9 Å². The Morgan fingerprint density at radius 3 is 1.89 bits per heavy atom. The maximum Gasteiger partial charge on any atom is 0.330 e. The molecule has 2 saturated heterocycles. The first kappa shape index (κ1) is 76.9. The lowest BCUT2D eigenvalue weighted by molar-refractivity contribution is -0.333. The fourth-order valence-electron chi connectivity index (χ4n) is 12.8. The molecule has 34 nitrogen and oxygen atoms in total. The van der Waals surface area contributed by atoms with Crippen molar-refractivity contribution in [1.29, 1.82) is 0 Å². The molecule has 5 aromatic carbocycles. The number of aromatic hydroxyl groups is 3. The van der Waals surface area contributed by atoms with Gasteiger partial charge in [-0.2, -0.15) is 0 Å². The van der Waals surface area contributed by atoms with Gasteiger partial charge in [-0.05, 0) is 103 Å². The Morgan fingerprint density at radius 1 is 0.721 bits per heavy atom. The Labute approximate surface area is 601 Å². The Morgan fingerprint density at radius 2 is 1.32 bits per heavy atom. The van der Waals surface area contributed by atoms with Crippen LogP contribution in [0.3, 0.4) is 0 Å². The number of fused-ring (bicyclic) bond motifs is 15. The van der Waals surface area contributed by atoms with Crippen LogP contribution < -0.4 is 57.6 Å². The van der Waals surface area contributed by atoms with Crippen molar-refractivity contribution in [2.45, 2.75) is 163 Å². The van der Waals surface area contributed by atoms with E-state index in [1.807, 2.05) is 0 Å². The summed E-state index contributed by atoms with van der Waals surface area (Å²) < 4.78 is 38.3. The van der Waals surface area contributed by atoms with Crippen molar-refractivity contribution >= 4 is 76.4 Å². The second kappa shape index (κ2) is 30.9. The molecule has 8 amide bonds. The van der Waals surface area contributed by atoms with E-state index in [1.54, 1.807) is 13.8 Å². The summed E-state index contributed by atoms with van der Waals surface area (Å²) in [6.07, 6.45) is -19.0. The van der Waals surface area contributed by atoms with Crippen LogP contribution in [-0.4, -0.2) is 202 Å². The predicted molar refractivity (Wildman–Crippen MR) is 359 cm³/mol. The summed E-state index contributed by atoms with van der Waals surface area (Å²) in [5, 5.41) is 128. The largest absolute Gasteiger partial charge is 0.508 e. The van der Waals surface area contributed by atoms with E-state index in [-0.39, 0.29) is 41.2 Å². The molecule has 0 unspecified atom stereocenters. The summed E-state index contributed by atoms with van der Waals surface area (Å²) in [7, 11) is 1.32. The van der Waals surface area contributed by atoms with Crippen molar-refractivity contribution in [3.63, 3.8) is 0 Å². The highest BCUT2D eigenvalue weighted by Gasteiger charge is 2.52. The highest BCUT2D eigenvalue weighted by atomic mass is 35.5. The van der Waals surface area contributed by atoms with Crippen LogP contribution in [0.4, 0.5) is 0 Å². The predicted octanol–water partition coefficient (Wildman–Crippen LogP) is 0.365. The second-order valence-electron chi connectivity index (χ2n) is 26.5. The van der Waals surface area contributed by atoms with E-state index in [0.717, 1.165) is 77.7 Å². The highest BCUT2D eigenvalue weighted by molar-refractivity contribution is 6.32. The summed E-state index contributed by atoms with van der Waals surface area (Å²) >= 11 is 14.1. The number of amides is 8. The van der Waals surface area contributed by atoms with Gasteiger partial charge in [0.1, 0.15) is 95.5 Å². The average molecular weight is 1490 g/mol. The number of likely N-dealkylation sites (N-methyl/N-ethyl adjacent to an activating group) is 1. The van der Waals surface area contributed by atoms with Crippen LogP contribution >= 0.6 is 23.2 Å². The SMILES string of the molecule is CC(=O)N(C)[C@H](CC(C)C)C(=O)N[C@H]1C(=O)N[C@@H](CC(N)=O)C(=O)N[C@H]2C(=O)N[C@H]3C(=O)N[C@H](C(=O)N[C@H](C(=O)O)c4cc(O)cc(O)c4-c4cc3ccc4O)[C@H](O)c3ccc(c(Cl)c3)Oc3cc2cc(c3O[C@@H]2O[C@H](CO)[C@@H](O)[C@H](O)[C@H]2O[C@@H]2C[C@](C)(N)[C@H](O)[C@H](C)O2)Oc2ccc(cc2Cl)[C@H]1O. The van der Waals surface area contributed by atoms with E-state index in [9.17, 15) is 79.8 Å². The van der Waals surface area contributed by atoms with Crippen LogP contribution in [0.15, 0.2) is 78.9 Å². The van der Waals surface area contributed by atoms with Crippen LogP contribution in [0.25, 0.3) is 11.1 Å². The third-order valence-corrected chi connectivity index (χ3v) is 19.0. The van der Waals surface area contributed by atoms with Gasteiger partial charge in [0, 0.05) is 48.7 Å². The van der Waals surface area contributed by atoms with Gasteiger partial charge < -0.3 is 128 Å². The Balaban J connectivity index is 1.24. The van der Waals surface area contributed by atoms with Gasteiger partial charge in [-0.25, -0.2) is 4.79 Å². The molecule has 558 valence electrons. The summed E-state index contributed by atoms with van der Waals surface area (Å²) in [6.45, 7) is 6.67. The minimum Gasteiger partial charge on any atom is -0.508 e. The maximum atomic E-state index is 16.1. The number of nitrogens with one attached hydrogen (secondary N) is 6. The molecule has 0 aromatic heterocycles. The number of primary amides is 1. The smallest absolute Gasteiger partial charge is 0.330 e. The molecule has 2 fully saturated rings. The minimum absolute atomic E-state index is 0.0147. The van der Waals surface area contributed by atoms with Crippen LogP contribution in [0.2, 0.25) is 10.0 Å². The van der Waals surface area contributed by atoms with Gasteiger partial charge in [0.25, 0.3) is 0 Å². The quantitative estimate of drug-likeness (QED) is 0.0757. The van der Waals surface area contributed by atoms with Gasteiger partial charge in [0.05, 0.1) is 35.3 Å². The molecule has 0 saturated carbocycles. The molecular weight excluding hydrogens is 1410 g/mol. The first-order valence-corrected chi connectivity index (χ1v) is 33.2. The summed E-state index contributed by atoms with van der Waals surface area (Å²) in [4.78, 5) is 132. The number of carbonyl (C=O) groups is 9. The molecule has 5 aromatic rings. The first-order valence-electron chi connectivity index (χ1n) is 32.5. The number of carboxylic acids is 1. The van der Waals surface area contributed by atoms with E-state index < -0.39 is 248 Å². The number of carbonyl (C=O) groups excluding carboxylic acids is 8. The van der Waals surface area contributed by atoms with E-state index in [0.29, 0.717) is 0 Å². The van der Waals surface area contributed by atoms with E-state index in [1.165, 1.54) is 33.9 Å². The molecule has 7 aliphatic rings. The zero-order valence-corrected chi connectivity index (χ0v) is 57.7. The fraction of sp³-hybridized carbons (Fsp3) is 0.426. The third-order valence-electron chi connectivity index (χ3n) is 18.4. The number of ether oxygens (including phenoxy) is 6. The van der Waals surface area contributed by atoms with Gasteiger partial charge in [0.2, 0.25) is 59.3 Å². The van der Waals surface area contributed by atoms with E-state index >= 15 is 14.4 Å². The molecular formula is C68H77Cl2N9O25. The molecule has 36 heteroatoms. The topological polar surface area (TPSA) is 539 Å². The maximum absolute atomic E-state index is 16.1. The number of hydrogen-bond donors (Lipinski definition) is 18. The fourth-order valence-corrected chi connectivity index (χ4v) is 13.2. The van der Waals surface area contributed by atoms with Gasteiger partial charge >= 0.3 is 5.97 Å². The summed E-state index contributed by atoms with van der Waals surface area (Å²) in [5.41, 5.74) is 7.86. The minimum atomic E-state index is -2.38. The second-order valence-corrected chi connectivity index (χ2v) is 27.3. The Hall–Kier alpha value is -9.69. The number of benzene rings is 5. The first-order chi connectivity index (χ1) is 48.9. The van der Waals surface area contributed by atoms with Gasteiger partial charge in [-0.15, -0.1) is 0 Å². The standard InChI is InChI=1S/C68H77Cl2N9O25/c1-24(2)13-37(79(6)26(4)81)61(92)77-51-53(86)28-8-11-40(34(69)15-28)100-42-17-30-18-43(57(42)104-67-58(56(89)55(88)44(23-80)102-67)103-46-22-68(5,72)59(90)25(3)99-46)101-41-12-9-29(16-35(41)70)54(87)52-65(96)76-50(66(97)98)33-19-31(82)20-39(84)47(33)32-14-27(7-10-38(32)83)48(62(93)78-52)75-63(94)49(30)74-60(91)36(21-45(71)85)73-64(51)95/h7-12,14-20,24-25,36-37,44,46,48-56,58-59,67,80,82-84,86-90H,13,21-23,72H2,1-6H3,(H2,71,85)(H,73,95)(H,74,91)(H,75,94)(H,76,96)(H,77,92)(H,78,93)(H,97,98)/t25-,36-,37+,44+,46+,48+,49+,50-,51+,52-,53+,54+,55+,56-,58+,59+,67-,68-/m0/s1. The normalized spacial score (nSPS) is 28.9. The average Bonchev–Trinajstić information content (AvgIpc) is 0.768. The zero-order chi connectivity index (χ0) is 76.0. The van der Waals surface area contributed by atoms with Crippen molar-refractivity contribution in [3.05, 3.63) is 117 Å². The van der Waals surface area contributed by atoms with Crippen LogP contribution in [0, 0.1) is 5.92 Å². The van der Waals surface area contributed by atoms with Gasteiger partial charge in [-0.1, -0.05) is 55.2 Å². The number of hydrogen-bond acceptors (Lipinski definition) is 25. The number of aliphatic hydroxyl groups excluding tert-OH is 6. The molecule has 7 aliphatic heterocycles. The van der Waals surface area contributed by atoms with Gasteiger partial charge in [-0.3, -0.25) is 38.4 Å². The number of nitrogens with zero attached hydrogens (tertiary/aromatic N) is 1. The van der Waals surface area contributed by atoms with Crippen molar-refractivity contribution in [3.8, 4) is 57.1 Å². The Bertz CT molecular complexity index is 4230. The lowest BCUT2D eigenvalue weighted by Crippen LogP contribution is -2.64. The molecule has 12 rings (SSSR count). The summed E-state index contributed by atoms with van der Waals surface area (Å²) in [6, 6.07) is -1.48. The molecule has 104 heavy (non-hydrogen) atoms. The van der Waals surface area contributed by atoms with Crippen LogP contribution in [-0.2, 0) is 57.4 Å². The molecule has 11 bridgehead atoms. The number of aliphatic hydroxyl groups is 6. The number of phenols is 3. The van der Waals surface area contributed by atoms with Crippen molar-refractivity contribution in [2.75, 3.05) is 13.7 Å². The number of carboxylic acid groups (broad SMARTS) is 1. The Kier molecular flexibility index (Phi) is 22.9. The highest BCUT2D eigenvalue weighted by Crippen LogP contribution is 2.50. The number of aliphatic carboxylic acids is 1. The number of halogens is 2. The number of phenolic OH excluding ortho intramolecular Hbond substituents is 3. The third kappa shape index (κ3) is 16.1. The van der Waals surface area contributed by atoms with E-state index in [4.69, 9.17) is 63.1 Å².